The second-order valence-corrected chi connectivity index (χ2v) is 2.59. The zero-order valence-electron chi connectivity index (χ0n) is 8.14. The predicted octanol–water partition coefficient (Wildman–Crippen LogP) is 2.16. The number of amides is 1. The molecule has 0 aliphatic carbocycles. The molecule has 1 rings (SSSR count). The van der Waals surface area contributed by atoms with Crippen molar-refractivity contribution in [2.75, 3.05) is 11.7 Å². The van der Waals surface area contributed by atoms with Gasteiger partial charge in [-0.05, 0) is 25.1 Å². The van der Waals surface area contributed by atoms with Crippen molar-refractivity contribution < 1.29 is 9.63 Å². The molecule has 0 atom stereocenters. The highest BCUT2D eigenvalue weighted by molar-refractivity contribution is 5.99. The van der Waals surface area contributed by atoms with Crippen molar-refractivity contribution in [3.05, 3.63) is 43.0 Å². The fourth-order valence-corrected chi connectivity index (χ4v) is 1.04. The van der Waals surface area contributed by atoms with Crippen LogP contribution in [0, 0.1) is 0 Å². The Hall–Kier alpha value is -1.61. The third-order valence-corrected chi connectivity index (χ3v) is 1.62. The number of rotatable bonds is 4. The lowest BCUT2D eigenvalue weighted by molar-refractivity contribution is -0.121. The normalized spacial score (nSPS) is 9.50. The van der Waals surface area contributed by atoms with Crippen LogP contribution in [0.5, 0.6) is 0 Å². The fourth-order valence-electron chi connectivity index (χ4n) is 1.04. The zero-order valence-corrected chi connectivity index (χ0v) is 8.14. The minimum atomic E-state index is -0.266. The maximum Gasteiger partial charge on any atom is 0.274 e. The van der Waals surface area contributed by atoms with Gasteiger partial charge in [0.15, 0.2) is 0 Å². The Bertz CT molecular complexity index is 308. The van der Waals surface area contributed by atoms with Crippen molar-refractivity contribution in [1.29, 1.82) is 0 Å². The van der Waals surface area contributed by atoms with E-state index in [0.717, 1.165) is 0 Å². The van der Waals surface area contributed by atoms with E-state index in [1.165, 1.54) is 11.1 Å². The average Bonchev–Trinajstić information content (AvgIpc) is 2.26. The summed E-state index contributed by atoms with van der Waals surface area (Å²) < 4.78 is 0. The molecule has 0 saturated carbocycles. The standard InChI is InChI=1S/C11H13NO2/c1-3-11(13)12(14-4-2)10-8-6-5-7-9-10/h3,5-9H,1,4H2,2H3. The van der Waals surface area contributed by atoms with E-state index in [1.807, 2.05) is 25.1 Å². The minimum Gasteiger partial charge on any atom is -0.267 e. The van der Waals surface area contributed by atoms with Gasteiger partial charge in [0.2, 0.25) is 0 Å². The molecule has 0 bridgehead atoms. The molecule has 0 aromatic heterocycles. The van der Waals surface area contributed by atoms with Crippen LogP contribution in [0.2, 0.25) is 0 Å². The molecule has 0 saturated heterocycles. The van der Waals surface area contributed by atoms with Crippen molar-refractivity contribution in [3.63, 3.8) is 0 Å². The summed E-state index contributed by atoms with van der Waals surface area (Å²) >= 11 is 0. The van der Waals surface area contributed by atoms with Crippen molar-refractivity contribution in [1.82, 2.24) is 0 Å². The fraction of sp³-hybridized carbons (Fsp3) is 0.182. The number of hydroxylamine groups is 1. The van der Waals surface area contributed by atoms with E-state index in [9.17, 15) is 4.79 Å². The number of hydrogen-bond acceptors (Lipinski definition) is 2. The van der Waals surface area contributed by atoms with Crippen molar-refractivity contribution >= 4 is 11.6 Å². The summed E-state index contributed by atoms with van der Waals surface area (Å²) in [6, 6.07) is 9.18. The number of nitrogens with zero attached hydrogens (tertiary/aromatic N) is 1. The molecule has 1 aromatic carbocycles. The largest absolute Gasteiger partial charge is 0.274 e. The van der Waals surface area contributed by atoms with Crippen LogP contribution in [0.15, 0.2) is 43.0 Å². The summed E-state index contributed by atoms with van der Waals surface area (Å²) in [5, 5.41) is 1.23. The lowest BCUT2D eigenvalue weighted by Crippen LogP contribution is -2.29. The molecule has 0 unspecified atom stereocenters. The first-order valence-electron chi connectivity index (χ1n) is 4.44. The van der Waals surface area contributed by atoms with E-state index < -0.39 is 0 Å². The molecule has 74 valence electrons. The monoisotopic (exact) mass is 191 g/mol. The molecule has 3 nitrogen and oxygen atoms in total. The lowest BCUT2D eigenvalue weighted by atomic mass is 10.3. The molecule has 0 N–H and O–H groups in total. The van der Waals surface area contributed by atoms with E-state index in [1.54, 1.807) is 12.1 Å². The molecule has 0 radical (unpaired) electrons. The Morgan fingerprint density at radius 2 is 2.14 bits per heavy atom. The Morgan fingerprint density at radius 1 is 1.50 bits per heavy atom. The van der Waals surface area contributed by atoms with Gasteiger partial charge in [-0.25, -0.2) is 0 Å². The number of anilines is 1. The number of para-hydroxylation sites is 1. The van der Waals surface area contributed by atoms with Crippen molar-refractivity contribution in [2.45, 2.75) is 6.92 Å². The van der Waals surface area contributed by atoms with Gasteiger partial charge in [-0.15, -0.1) is 0 Å². The summed E-state index contributed by atoms with van der Waals surface area (Å²) in [7, 11) is 0. The van der Waals surface area contributed by atoms with E-state index >= 15 is 0 Å². The summed E-state index contributed by atoms with van der Waals surface area (Å²) in [5.41, 5.74) is 0.708. The van der Waals surface area contributed by atoms with Gasteiger partial charge in [0.05, 0.1) is 12.3 Å². The maximum absolute atomic E-state index is 11.4. The average molecular weight is 191 g/mol. The summed E-state index contributed by atoms with van der Waals surface area (Å²) in [4.78, 5) is 16.6. The maximum atomic E-state index is 11.4. The minimum absolute atomic E-state index is 0.266. The zero-order chi connectivity index (χ0) is 10.4. The number of carbonyl (C=O) groups is 1. The number of benzene rings is 1. The van der Waals surface area contributed by atoms with Gasteiger partial charge in [-0.1, -0.05) is 24.8 Å². The Labute approximate surface area is 83.6 Å². The van der Waals surface area contributed by atoms with Crippen molar-refractivity contribution in [2.24, 2.45) is 0 Å². The molecule has 0 aliphatic rings. The van der Waals surface area contributed by atoms with Gasteiger partial charge < -0.3 is 0 Å². The topological polar surface area (TPSA) is 29.5 Å². The number of carbonyl (C=O) groups excluding carboxylic acids is 1. The Morgan fingerprint density at radius 3 is 2.64 bits per heavy atom. The van der Waals surface area contributed by atoms with Crippen LogP contribution in [-0.4, -0.2) is 12.5 Å². The highest BCUT2D eigenvalue weighted by atomic mass is 16.7. The van der Waals surface area contributed by atoms with Crippen LogP contribution >= 0.6 is 0 Å². The molecule has 3 heteroatoms. The predicted molar refractivity (Wildman–Crippen MR) is 55.8 cm³/mol. The Kier molecular flexibility index (Phi) is 3.88. The summed E-state index contributed by atoms with van der Waals surface area (Å²) in [5.74, 6) is -0.266. The van der Waals surface area contributed by atoms with Gasteiger partial charge in [0, 0.05) is 0 Å². The third kappa shape index (κ3) is 2.44. The van der Waals surface area contributed by atoms with Crippen molar-refractivity contribution in [3.8, 4) is 0 Å². The van der Waals surface area contributed by atoms with Gasteiger partial charge in [0.1, 0.15) is 0 Å². The van der Waals surface area contributed by atoms with Crippen LogP contribution in [0.4, 0.5) is 5.69 Å². The van der Waals surface area contributed by atoms with Gasteiger partial charge in [0.25, 0.3) is 5.91 Å². The smallest absolute Gasteiger partial charge is 0.267 e. The van der Waals surface area contributed by atoms with Gasteiger partial charge >= 0.3 is 0 Å². The molecular weight excluding hydrogens is 178 g/mol. The van der Waals surface area contributed by atoms with Gasteiger partial charge in [-0.3, -0.25) is 9.63 Å². The van der Waals surface area contributed by atoms with Crippen LogP contribution in [0.3, 0.4) is 0 Å². The van der Waals surface area contributed by atoms with E-state index in [-0.39, 0.29) is 5.91 Å². The summed E-state index contributed by atoms with van der Waals surface area (Å²) in [6.07, 6.45) is 1.22. The van der Waals surface area contributed by atoms with Crippen LogP contribution in [0.1, 0.15) is 6.92 Å². The third-order valence-electron chi connectivity index (χ3n) is 1.62. The second-order valence-electron chi connectivity index (χ2n) is 2.59. The van der Waals surface area contributed by atoms with E-state index in [2.05, 4.69) is 6.58 Å². The molecular formula is C11H13NO2. The first-order chi connectivity index (χ1) is 6.79. The highest BCUT2D eigenvalue weighted by Gasteiger charge is 2.11. The molecule has 0 spiro atoms. The second kappa shape index (κ2) is 5.19. The highest BCUT2D eigenvalue weighted by Crippen LogP contribution is 2.13. The first-order valence-corrected chi connectivity index (χ1v) is 4.44. The Balaban J connectivity index is 2.88. The molecule has 0 aliphatic heterocycles. The van der Waals surface area contributed by atoms with E-state index in [0.29, 0.717) is 12.3 Å². The first kappa shape index (κ1) is 10.5. The van der Waals surface area contributed by atoms with E-state index in [4.69, 9.17) is 4.84 Å². The quantitative estimate of drug-likeness (QED) is 0.539. The molecule has 14 heavy (non-hydrogen) atoms. The van der Waals surface area contributed by atoms with Crippen LogP contribution in [0.25, 0.3) is 0 Å². The lowest BCUT2D eigenvalue weighted by Gasteiger charge is -2.19. The molecule has 1 aromatic rings. The molecule has 0 heterocycles. The SMILES string of the molecule is C=CC(=O)N(OCC)c1ccccc1. The number of hydrogen-bond donors (Lipinski definition) is 0. The molecule has 1 amide bonds. The van der Waals surface area contributed by atoms with Gasteiger partial charge in [-0.2, -0.15) is 5.06 Å². The van der Waals surface area contributed by atoms with Crippen LogP contribution < -0.4 is 5.06 Å². The molecule has 0 fully saturated rings. The van der Waals surface area contributed by atoms with Crippen LogP contribution in [-0.2, 0) is 9.63 Å². The summed E-state index contributed by atoms with van der Waals surface area (Å²) in [6.45, 7) is 5.68.